The quantitative estimate of drug-likeness (QED) is 0.857. The van der Waals surface area contributed by atoms with Crippen LogP contribution in [-0.4, -0.2) is 12.1 Å². The van der Waals surface area contributed by atoms with E-state index in [4.69, 9.17) is 11.6 Å². The fourth-order valence-corrected chi connectivity index (χ4v) is 3.09. The highest BCUT2D eigenvalue weighted by Crippen LogP contribution is 2.42. The molecule has 0 aromatic heterocycles. The molecule has 0 radical (unpaired) electrons. The Balaban J connectivity index is 0.00000108. The van der Waals surface area contributed by atoms with E-state index in [9.17, 15) is 0 Å². The summed E-state index contributed by atoms with van der Waals surface area (Å²) in [5.41, 5.74) is 1.44. The van der Waals surface area contributed by atoms with Crippen molar-refractivity contribution in [3.63, 3.8) is 0 Å². The Morgan fingerprint density at radius 3 is 2.41 bits per heavy atom. The standard InChI is InChI=1S/C14H18ClN.ClH/c1-9-13(8-14(16-9)11-2-3-11)10-4-6-12(15)7-5-10;/h4-7,9,11,13-14,16H,2-3,8H2,1H3;1H. The van der Waals surface area contributed by atoms with Crippen molar-refractivity contribution in [2.75, 3.05) is 0 Å². The first-order valence-corrected chi connectivity index (χ1v) is 6.63. The minimum absolute atomic E-state index is 0. The van der Waals surface area contributed by atoms with E-state index in [-0.39, 0.29) is 12.4 Å². The summed E-state index contributed by atoms with van der Waals surface area (Å²) < 4.78 is 0. The molecule has 0 amide bonds. The Bertz CT molecular complexity index is 372. The van der Waals surface area contributed by atoms with Crippen LogP contribution in [0.2, 0.25) is 5.02 Å². The summed E-state index contributed by atoms with van der Waals surface area (Å²) in [5.74, 6) is 1.63. The van der Waals surface area contributed by atoms with E-state index < -0.39 is 0 Å². The van der Waals surface area contributed by atoms with Crippen molar-refractivity contribution >= 4 is 24.0 Å². The van der Waals surface area contributed by atoms with Gasteiger partial charge in [0, 0.05) is 23.0 Å². The molecule has 1 saturated carbocycles. The Hall–Kier alpha value is -0.240. The van der Waals surface area contributed by atoms with Crippen molar-refractivity contribution in [1.29, 1.82) is 0 Å². The molecule has 1 aliphatic carbocycles. The fourth-order valence-electron chi connectivity index (χ4n) is 2.96. The van der Waals surface area contributed by atoms with E-state index in [1.807, 2.05) is 12.1 Å². The maximum absolute atomic E-state index is 5.93. The first-order valence-electron chi connectivity index (χ1n) is 6.25. The van der Waals surface area contributed by atoms with E-state index >= 15 is 0 Å². The number of benzene rings is 1. The van der Waals surface area contributed by atoms with Gasteiger partial charge in [-0.2, -0.15) is 0 Å². The van der Waals surface area contributed by atoms with Crippen molar-refractivity contribution in [3.05, 3.63) is 34.9 Å². The molecule has 1 heterocycles. The molecule has 94 valence electrons. The highest BCUT2D eigenvalue weighted by molar-refractivity contribution is 6.30. The minimum atomic E-state index is 0. The van der Waals surface area contributed by atoms with Crippen molar-refractivity contribution < 1.29 is 0 Å². The second kappa shape index (κ2) is 5.17. The van der Waals surface area contributed by atoms with Gasteiger partial charge in [0.1, 0.15) is 0 Å². The van der Waals surface area contributed by atoms with Gasteiger partial charge in [0.05, 0.1) is 0 Å². The summed E-state index contributed by atoms with van der Waals surface area (Å²) in [6.07, 6.45) is 4.16. The topological polar surface area (TPSA) is 12.0 Å². The van der Waals surface area contributed by atoms with Gasteiger partial charge in [0.2, 0.25) is 0 Å². The molecule has 3 unspecified atom stereocenters. The smallest absolute Gasteiger partial charge is 0.0406 e. The summed E-state index contributed by atoms with van der Waals surface area (Å²) in [6.45, 7) is 2.31. The average Bonchev–Trinajstić information content (AvgIpc) is 3.04. The van der Waals surface area contributed by atoms with Crippen LogP contribution in [0.3, 0.4) is 0 Å². The van der Waals surface area contributed by atoms with Gasteiger partial charge < -0.3 is 5.32 Å². The molecule has 1 N–H and O–H groups in total. The molecule has 1 nitrogen and oxygen atoms in total. The van der Waals surface area contributed by atoms with Crippen LogP contribution in [0.1, 0.15) is 37.7 Å². The van der Waals surface area contributed by atoms with E-state index in [1.54, 1.807) is 0 Å². The monoisotopic (exact) mass is 271 g/mol. The van der Waals surface area contributed by atoms with Gasteiger partial charge in [-0.1, -0.05) is 23.7 Å². The molecule has 0 spiro atoms. The molecule has 3 rings (SSSR count). The number of hydrogen-bond acceptors (Lipinski definition) is 1. The fraction of sp³-hybridized carbons (Fsp3) is 0.571. The summed E-state index contributed by atoms with van der Waals surface area (Å²) in [4.78, 5) is 0. The third-order valence-corrected chi connectivity index (χ3v) is 4.33. The van der Waals surface area contributed by atoms with Gasteiger partial charge in [-0.15, -0.1) is 12.4 Å². The molecular formula is C14H19Cl2N. The molecule has 2 fully saturated rings. The third kappa shape index (κ3) is 2.78. The van der Waals surface area contributed by atoms with Gasteiger partial charge >= 0.3 is 0 Å². The van der Waals surface area contributed by atoms with Crippen molar-refractivity contribution in [2.24, 2.45) is 5.92 Å². The van der Waals surface area contributed by atoms with E-state index in [1.165, 1.54) is 24.8 Å². The molecule has 0 bridgehead atoms. The largest absolute Gasteiger partial charge is 0.311 e. The van der Waals surface area contributed by atoms with Crippen molar-refractivity contribution in [3.8, 4) is 0 Å². The molecular weight excluding hydrogens is 253 g/mol. The number of hydrogen-bond donors (Lipinski definition) is 1. The predicted molar refractivity (Wildman–Crippen MR) is 75.2 cm³/mol. The van der Waals surface area contributed by atoms with Gasteiger partial charge in [-0.05, 0) is 49.8 Å². The molecule has 1 aliphatic heterocycles. The summed E-state index contributed by atoms with van der Waals surface area (Å²) in [6, 6.07) is 9.74. The summed E-state index contributed by atoms with van der Waals surface area (Å²) in [5, 5.41) is 4.58. The molecule has 1 aromatic carbocycles. The third-order valence-electron chi connectivity index (χ3n) is 4.08. The lowest BCUT2D eigenvalue weighted by atomic mass is 9.91. The predicted octanol–water partition coefficient (Wildman–Crippen LogP) is 4.01. The summed E-state index contributed by atoms with van der Waals surface area (Å²) in [7, 11) is 0. The van der Waals surface area contributed by atoms with Gasteiger partial charge in [-0.3, -0.25) is 0 Å². The van der Waals surface area contributed by atoms with E-state index in [0.717, 1.165) is 17.0 Å². The van der Waals surface area contributed by atoms with E-state index in [0.29, 0.717) is 12.0 Å². The number of rotatable bonds is 2. The zero-order valence-electron chi connectivity index (χ0n) is 10.0. The lowest BCUT2D eigenvalue weighted by molar-refractivity contribution is 0.509. The van der Waals surface area contributed by atoms with Crippen LogP contribution >= 0.6 is 24.0 Å². The van der Waals surface area contributed by atoms with Gasteiger partial charge in [0.25, 0.3) is 0 Å². The second-order valence-electron chi connectivity index (χ2n) is 5.29. The van der Waals surface area contributed by atoms with Crippen molar-refractivity contribution in [1.82, 2.24) is 5.32 Å². The maximum Gasteiger partial charge on any atom is 0.0406 e. The molecule has 1 saturated heterocycles. The molecule has 2 aliphatic rings. The Kier molecular flexibility index (Phi) is 4.02. The van der Waals surface area contributed by atoms with Crippen LogP contribution in [-0.2, 0) is 0 Å². The zero-order valence-corrected chi connectivity index (χ0v) is 11.6. The van der Waals surface area contributed by atoms with Crippen LogP contribution in [0.5, 0.6) is 0 Å². The molecule has 3 atom stereocenters. The number of nitrogens with one attached hydrogen (secondary N) is 1. The second-order valence-corrected chi connectivity index (χ2v) is 5.73. The first kappa shape index (κ1) is 13.2. The Labute approximate surface area is 114 Å². The highest BCUT2D eigenvalue weighted by Gasteiger charge is 2.40. The van der Waals surface area contributed by atoms with Crippen LogP contribution in [0.15, 0.2) is 24.3 Å². The van der Waals surface area contributed by atoms with Crippen LogP contribution in [0.25, 0.3) is 0 Å². The summed E-state index contributed by atoms with van der Waals surface area (Å²) >= 11 is 5.93. The average molecular weight is 272 g/mol. The van der Waals surface area contributed by atoms with Crippen molar-refractivity contribution in [2.45, 2.75) is 44.2 Å². The lowest BCUT2D eigenvalue weighted by Crippen LogP contribution is -2.29. The zero-order chi connectivity index (χ0) is 11.1. The first-order chi connectivity index (χ1) is 7.74. The minimum Gasteiger partial charge on any atom is -0.311 e. The number of halogens is 2. The van der Waals surface area contributed by atoms with Crippen LogP contribution in [0, 0.1) is 5.92 Å². The highest BCUT2D eigenvalue weighted by atomic mass is 35.5. The van der Waals surface area contributed by atoms with Gasteiger partial charge in [-0.25, -0.2) is 0 Å². The Morgan fingerprint density at radius 1 is 1.18 bits per heavy atom. The van der Waals surface area contributed by atoms with Crippen LogP contribution < -0.4 is 5.32 Å². The Morgan fingerprint density at radius 2 is 1.82 bits per heavy atom. The molecule has 1 aromatic rings. The maximum atomic E-state index is 5.93. The van der Waals surface area contributed by atoms with Crippen LogP contribution in [0.4, 0.5) is 0 Å². The normalized spacial score (nSPS) is 32.2. The molecule has 3 heteroatoms. The SMILES string of the molecule is CC1NC(C2CC2)CC1c1ccc(Cl)cc1.Cl. The van der Waals surface area contributed by atoms with Gasteiger partial charge in [0.15, 0.2) is 0 Å². The lowest BCUT2D eigenvalue weighted by Gasteiger charge is -2.14. The van der Waals surface area contributed by atoms with E-state index in [2.05, 4.69) is 24.4 Å². The molecule has 17 heavy (non-hydrogen) atoms.